The van der Waals surface area contributed by atoms with E-state index < -0.39 is 0 Å². The maximum absolute atomic E-state index is 12.6. The fourth-order valence-corrected chi connectivity index (χ4v) is 3.28. The van der Waals surface area contributed by atoms with Gasteiger partial charge in [-0.1, -0.05) is 29.3 Å². The molecule has 22 heavy (non-hydrogen) atoms. The van der Waals surface area contributed by atoms with Gasteiger partial charge < -0.3 is 0 Å². The lowest BCUT2D eigenvalue weighted by Gasteiger charge is -2.34. The molecule has 1 atom stereocenters. The van der Waals surface area contributed by atoms with Crippen molar-refractivity contribution < 1.29 is 9.69 Å². The summed E-state index contributed by atoms with van der Waals surface area (Å²) < 4.78 is 0. The van der Waals surface area contributed by atoms with E-state index in [0.717, 1.165) is 30.1 Å². The molecule has 0 aromatic heterocycles. The highest BCUT2D eigenvalue weighted by atomic mass is 35.5. The molecule has 1 fully saturated rings. The molecule has 1 amide bonds. The van der Waals surface area contributed by atoms with Crippen LogP contribution in [0.1, 0.15) is 32.3 Å². The van der Waals surface area contributed by atoms with Crippen molar-refractivity contribution in [1.29, 1.82) is 0 Å². The van der Waals surface area contributed by atoms with Crippen LogP contribution in [0.15, 0.2) is 18.2 Å². The van der Waals surface area contributed by atoms with Gasteiger partial charge >= 0.3 is 5.91 Å². The van der Waals surface area contributed by atoms with Crippen molar-refractivity contribution in [3.8, 4) is 0 Å². The minimum absolute atomic E-state index is 0.0996. The molecule has 5 heteroatoms. The number of likely N-dealkylation sites (tertiary alicyclic amines) is 1. The van der Waals surface area contributed by atoms with Gasteiger partial charge in [-0.2, -0.15) is 0 Å². The summed E-state index contributed by atoms with van der Waals surface area (Å²) in [6, 6.07) is 5.40. The highest BCUT2D eigenvalue weighted by Crippen LogP contribution is 2.22. The van der Waals surface area contributed by atoms with Crippen LogP contribution in [0.3, 0.4) is 0 Å². The fraction of sp³-hybridized carbons (Fsp3) is 0.588. The Morgan fingerprint density at radius 3 is 2.45 bits per heavy atom. The minimum atomic E-state index is -0.0996. The highest BCUT2D eigenvalue weighted by molar-refractivity contribution is 6.42. The molecular formula is C17H25Cl2N2O+. The zero-order chi connectivity index (χ0) is 16.3. The quantitative estimate of drug-likeness (QED) is 0.888. The standard InChI is InChI=1S/C17H24Cl2N2O/c1-17(2,12-21-8-4-5-9-21)20(3)16(22)11-13-6-7-14(18)15(19)10-13/h6-7,10H,4-5,8-9,11-12H2,1-3H3/p+1. The number of carbonyl (C=O) groups excluding carboxylic acids is 1. The first-order chi connectivity index (χ1) is 10.3. The van der Waals surface area contributed by atoms with Crippen molar-refractivity contribution in [3.63, 3.8) is 0 Å². The second-order valence-corrected chi connectivity index (χ2v) is 7.65. The first-order valence-electron chi connectivity index (χ1n) is 7.83. The molecule has 1 saturated heterocycles. The second-order valence-electron chi connectivity index (χ2n) is 6.84. The molecule has 2 rings (SSSR count). The molecule has 1 N–H and O–H groups in total. The van der Waals surface area contributed by atoms with Crippen molar-refractivity contribution in [1.82, 2.24) is 4.90 Å². The molecule has 122 valence electrons. The van der Waals surface area contributed by atoms with Gasteiger partial charge in [0.05, 0.1) is 30.1 Å². The normalized spacial score (nSPS) is 17.7. The Kier molecular flexibility index (Phi) is 5.89. The van der Waals surface area contributed by atoms with Crippen molar-refractivity contribution in [2.75, 3.05) is 26.7 Å². The van der Waals surface area contributed by atoms with E-state index in [-0.39, 0.29) is 11.4 Å². The predicted molar refractivity (Wildman–Crippen MR) is 91.8 cm³/mol. The van der Waals surface area contributed by atoms with E-state index in [0.29, 0.717) is 16.5 Å². The first kappa shape index (κ1) is 17.7. The van der Waals surface area contributed by atoms with Crippen LogP contribution in [0.4, 0.5) is 0 Å². The van der Waals surface area contributed by atoms with Crippen LogP contribution < -0.4 is 4.90 Å². The zero-order valence-electron chi connectivity index (χ0n) is 13.6. The number of rotatable bonds is 5. The molecule has 0 saturated carbocycles. The Labute approximate surface area is 143 Å². The number of hydrogen-bond donors (Lipinski definition) is 1. The van der Waals surface area contributed by atoms with Crippen molar-refractivity contribution in [2.24, 2.45) is 0 Å². The molecule has 0 spiro atoms. The largest absolute Gasteiger partial charge is 0.316 e. The molecule has 1 aliphatic rings. The molecule has 1 aromatic carbocycles. The molecule has 1 aliphatic heterocycles. The van der Waals surface area contributed by atoms with Crippen LogP contribution in [-0.4, -0.2) is 43.0 Å². The molecular weight excluding hydrogens is 319 g/mol. The number of quaternary nitrogens is 1. The van der Waals surface area contributed by atoms with Gasteiger partial charge in [0.15, 0.2) is 0 Å². The first-order valence-corrected chi connectivity index (χ1v) is 8.59. The van der Waals surface area contributed by atoms with Crippen LogP contribution in [0.2, 0.25) is 10.0 Å². The topological polar surface area (TPSA) is 24.8 Å². The highest BCUT2D eigenvalue weighted by Gasteiger charge is 2.35. The summed E-state index contributed by atoms with van der Waals surface area (Å²) in [5, 5.41) is 1.02. The number of nitrogens with zero attached hydrogens (tertiary/aromatic N) is 1. The summed E-state index contributed by atoms with van der Waals surface area (Å²) in [5.74, 6) is 0.183. The number of carbonyl (C=O) groups is 1. The van der Waals surface area contributed by atoms with Crippen LogP contribution in [0.5, 0.6) is 0 Å². The molecule has 1 heterocycles. The van der Waals surface area contributed by atoms with Gasteiger partial charge in [0, 0.05) is 0 Å². The number of nitrogens with one attached hydrogen (secondary N) is 1. The van der Waals surface area contributed by atoms with E-state index in [4.69, 9.17) is 23.2 Å². The summed E-state index contributed by atoms with van der Waals surface area (Å²) in [6.07, 6.45) is 2.92. The lowest BCUT2D eigenvalue weighted by atomic mass is 10.0. The van der Waals surface area contributed by atoms with E-state index in [1.165, 1.54) is 12.8 Å². The maximum atomic E-state index is 12.6. The van der Waals surface area contributed by atoms with Gasteiger partial charge in [-0.3, -0.25) is 9.80 Å². The molecule has 3 nitrogen and oxygen atoms in total. The van der Waals surface area contributed by atoms with Gasteiger partial charge in [0.25, 0.3) is 0 Å². The number of amides is 1. The van der Waals surface area contributed by atoms with E-state index >= 15 is 0 Å². The number of likely N-dealkylation sites (N-methyl/N-ethyl adjacent to an activating group) is 1. The van der Waals surface area contributed by atoms with E-state index in [2.05, 4.69) is 18.7 Å². The monoisotopic (exact) mass is 343 g/mol. The van der Waals surface area contributed by atoms with E-state index in [1.54, 1.807) is 12.1 Å². The maximum Gasteiger partial charge on any atom is 0.316 e. The zero-order valence-corrected chi connectivity index (χ0v) is 15.1. The summed E-state index contributed by atoms with van der Waals surface area (Å²) in [4.78, 5) is 16.0. The Morgan fingerprint density at radius 1 is 1.23 bits per heavy atom. The number of halogens is 2. The lowest BCUT2D eigenvalue weighted by molar-refractivity contribution is -0.853. The number of benzene rings is 1. The third-order valence-electron chi connectivity index (χ3n) is 4.60. The van der Waals surface area contributed by atoms with E-state index in [9.17, 15) is 4.79 Å². The fourth-order valence-electron chi connectivity index (χ4n) is 2.96. The van der Waals surface area contributed by atoms with Gasteiger partial charge in [-0.15, -0.1) is 0 Å². The van der Waals surface area contributed by atoms with Gasteiger partial charge in [0.1, 0.15) is 5.54 Å². The molecule has 1 unspecified atom stereocenters. The number of hydrogen-bond acceptors (Lipinski definition) is 2. The molecule has 1 aromatic rings. The summed E-state index contributed by atoms with van der Waals surface area (Å²) in [6.45, 7) is 7.57. The SMILES string of the molecule is C[NH+](C(=O)Cc1ccc(Cl)c(Cl)c1)C(C)(C)CN1CCCC1. The van der Waals surface area contributed by atoms with E-state index in [1.807, 2.05) is 13.1 Å². The minimum Gasteiger partial charge on any atom is -0.297 e. The van der Waals surface area contributed by atoms with Gasteiger partial charge in [-0.25, -0.2) is 4.79 Å². The Bertz CT molecular complexity index is 539. The van der Waals surface area contributed by atoms with Crippen molar-refractivity contribution in [3.05, 3.63) is 33.8 Å². The average molecular weight is 344 g/mol. The van der Waals surface area contributed by atoms with Crippen molar-refractivity contribution in [2.45, 2.75) is 38.6 Å². The molecule has 0 aliphatic carbocycles. The molecule has 0 bridgehead atoms. The Morgan fingerprint density at radius 2 is 1.86 bits per heavy atom. The van der Waals surface area contributed by atoms with Crippen molar-refractivity contribution >= 4 is 29.1 Å². The Hall–Kier alpha value is -0.610. The van der Waals surface area contributed by atoms with Crippen LogP contribution in [0.25, 0.3) is 0 Å². The average Bonchev–Trinajstić information content (AvgIpc) is 2.94. The molecule has 0 radical (unpaired) electrons. The predicted octanol–water partition coefficient (Wildman–Crippen LogP) is 2.45. The summed E-state index contributed by atoms with van der Waals surface area (Å²) in [5.41, 5.74) is 0.813. The third kappa shape index (κ3) is 4.45. The van der Waals surface area contributed by atoms with Gasteiger partial charge in [-0.05, 0) is 57.5 Å². The van der Waals surface area contributed by atoms with Gasteiger partial charge in [0.2, 0.25) is 0 Å². The van der Waals surface area contributed by atoms with Crippen LogP contribution in [-0.2, 0) is 11.2 Å². The second kappa shape index (κ2) is 7.31. The lowest BCUT2D eigenvalue weighted by Crippen LogP contribution is -3.20. The summed E-state index contributed by atoms with van der Waals surface area (Å²) >= 11 is 11.9. The Balaban J connectivity index is 1.99. The van der Waals surface area contributed by atoms with Crippen LogP contribution in [0, 0.1) is 0 Å². The smallest absolute Gasteiger partial charge is 0.297 e. The van der Waals surface area contributed by atoms with Crippen LogP contribution >= 0.6 is 23.2 Å². The third-order valence-corrected chi connectivity index (χ3v) is 5.34. The summed E-state index contributed by atoms with van der Waals surface area (Å²) in [7, 11) is 1.97.